The van der Waals surface area contributed by atoms with E-state index in [1.54, 1.807) is 0 Å². The monoisotopic (exact) mass is 196 g/mol. The molecule has 1 aliphatic rings. The van der Waals surface area contributed by atoms with Gasteiger partial charge in [-0.1, -0.05) is 31.9 Å². The van der Waals surface area contributed by atoms with Gasteiger partial charge in [0.1, 0.15) is 6.10 Å². The molecule has 1 heterocycles. The van der Waals surface area contributed by atoms with Crippen LogP contribution < -0.4 is 0 Å². The third kappa shape index (κ3) is 4.45. The molecule has 1 fully saturated rings. The van der Waals surface area contributed by atoms with Crippen molar-refractivity contribution in [1.29, 1.82) is 0 Å². The van der Waals surface area contributed by atoms with Crippen LogP contribution in [0, 0.1) is 0 Å². The third-order valence-corrected chi connectivity index (χ3v) is 2.49. The van der Waals surface area contributed by atoms with Gasteiger partial charge in [0.2, 0.25) is 0 Å². The Labute approximate surface area is 86.3 Å². The molecule has 0 saturated carbocycles. The zero-order valence-corrected chi connectivity index (χ0v) is 9.00. The van der Waals surface area contributed by atoms with Gasteiger partial charge in [0.25, 0.3) is 0 Å². The Morgan fingerprint density at radius 2 is 2.07 bits per heavy atom. The number of rotatable bonds is 7. The Morgan fingerprint density at radius 1 is 1.36 bits per heavy atom. The quantitative estimate of drug-likeness (QED) is 0.355. The molecule has 0 aromatic heterocycles. The van der Waals surface area contributed by atoms with E-state index in [1.165, 1.54) is 25.7 Å². The molecule has 2 nitrogen and oxygen atoms in total. The van der Waals surface area contributed by atoms with E-state index in [0.29, 0.717) is 6.42 Å². The van der Waals surface area contributed by atoms with Gasteiger partial charge in [0.05, 0.1) is 6.42 Å². The van der Waals surface area contributed by atoms with Crippen LogP contribution in [0.25, 0.3) is 0 Å². The Balaban J connectivity index is 1.85. The topological polar surface area (TPSA) is 26.3 Å². The van der Waals surface area contributed by atoms with Crippen molar-refractivity contribution in [3.05, 3.63) is 12.2 Å². The Morgan fingerprint density at radius 3 is 2.71 bits per heavy atom. The van der Waals surface area contributed by atoms with Gasteiger partial charge in [0.15, 0.2) is 0 Å². The fourth-order valence-electron chi connectivity index (χ4n) is 1.55. The molecule has 1 rings (SSSR count). The van der Waals surface area contributed by atoms with Crippen molar-refractivity contribution in [1.82, 2.24) is 0 Å². The molecule has 1 atom stereocenters. The van der Waals surface area contributed by atoms with Gasteiger partial charge in [-0.05, 0) is 25.7 Å². The molecule has 0 aliphatic carbocycles. The van der Waals surface area contributed by atoms with Gasteiger partial charge in [-0.2, -0.15) is 0 Å². The van der Waals surface area contributed by atoms with Crippen molar-refractivity contribution < 1.29 is 9.53 Å². The van der Waals surface area contributed by atoms with Crippen LogP contribution in [-0.4, -0.2) is 12.1 Å². The average molecular weight is 196 g/mol. The molecular weight excluding hydrogens is 176 g/mol. The number of cyclic esters (lactones) is 1. The lowest BCUT2D eigenvalue weighted by atomic mass is 10.1. The summed E-state index contributed by atoms with van der Waals surface area (Å²) in [4.78, 5) is 10.5. The summed E-state index contributed by atoms with van der Waals surface area (Å²) in [5.74, 6) is -0.0399. The molecule has 0 bridgehead atoms. The van der Waals surface area contributed by atoms with Crippen molar-refractivity contribution in [2.45, 2.75) is 58.0 Å². The second-order valence-corrected chi connectivity index (χ2v) is 3.86. The van der Waals surface area contributed by atoms with Crippen LogP contribution in [0.2, 0.25) is 0 Å². The number of hydrogen-bond donors (Lipinski definition) is 0. The van der Waals surface area contributed by atoms with Gasteiger partial charge in [-0.3, -0.25) is 4.79 Å². The van der Waals surface area contributed by atoms with Crippen molar-refractivity contribution in [3.8, 4) is 0 Å². The standard InChI is InChI=1S/C12H20O2/c1-2-3-4-5-6-7-8-9-11-10-12(13)14-11/h6-7,11H,2-5,8-10H2,1H3/t11-/m1/s1. The van der Waals surface area contributed by atoms with Crippen LogP contribution in [0.5, 0.6) is 0 Å². The molecule has 0 radical (unpaired) electrons. The van der Waals surface area contributed by atoms with E-state index in [2.05, 4.69) is 19.1 Å². The molecule has 2 heteroatoms. The lowest BCUT2D eigenvalue weighted by Gasteiger charge is -2.24. The number of allylic oxidation sites excluding steroid dienone is 2. The molecular formula is C12H20O2. The first-order valence-electron chi connectivity index (χ1n) is 5.67. The maximum Gasteiger partial charge on any atom is 0.309 e. The van der Waals surface area contributed by atoms with Crippen LogP contribution in [-0.2, 0) is 9.53 Å². The number of carbonyl (C=O) groups is 1. The molecule has 14 heavy (non-hydrogen) atoms. The smallest absolute Gasteiger partial charge is 0.309 e. The number of esters is 1. The molecule has 80 valence electrons. The van der Waals surface area contributed by atoms with E-state index < -0.39 is 0 Å². The summed E-state index contributed by atoms with van der Waals surface area (Å²) in [7, 11) is 0. The maximum absolute atomic E-state index is 10.5. The first-order chi connectivity index (χ1) is 6.83. The second-order valence-electron chi connectivity index (χ2n) is 3.86. The van der Waals surface area contributed by atoms with Gasteiger partial charge < -0.3 is 4.74 Å². The lowest BCUT2D eigenvalue weighted by Crippen LogP contribution is -2.32. The van der Waals surface area contributed by atoms with Crippen molar-refractivity contribution in [2.24, 2.45) is 0 Å². The van der Waals surface area contributed by atoms with E-state index in [4.69, 9.17) is 4.74 Å². The van der Waals surface area contributed by atoms with Crippen molar-refractivity contribution >= 4 is 5.97 Å². The first kappa shape index (κ1) is 11.3. The fraction of sp³-hybridized carbons (Fsp3) is 0.750. The van der Waals surface area contributed by atoms with Gasteiger partial charge >= 0.3 is 5.97 Å². The number of carbonyl (C=O) groups excluding carboxylic acids is 1. The first-order valence-corrected chi connectivity index (χ1v) is 5.67. The van der Waals surface area contributed by atoms with Gasteiger partial charge in [-0.25, -0.2) is 0 Å². The molecule has 0 unspecified atom stereocenters. The highest BCUT2D eigenvalue weighted by Crippen LogP contribution is 2.18. The van der Waals surface area contributed by atoms with E-state index in [9.17, 15) is 4.79 Å². The summed E-state index contributed by atoms with van der Waals surface area (Å²) >= 11 is 0. The molecule has 1 aliphatic heterocycles. The molecule has 0 N–H and O–H groups in total. The van der Waals surface area contributed by atoms with Crippen LogP contribution in [0.3, 0.4) is 0 Å². The van der Waals surface area contributed by atoms with Crippen molar-refractivity contribution in [3.63, 3.8) is 0 Å². The summed E-state index contributed by atoms with van der Waals surface area (Å²) in [5.41, 5.74) is 0. The lowest BCUT2D eigenvalue weighted by molar-refractivity contribution is -0.169. The summed E-state index contributed by atoms with van der Waals surface area (Å²) in [5, 5.41) is 0. The third-order valence-electron chi connectivity index (χ3n) is 2.49. The zero-order chi connectivity index (χ0) is 10.2. The molecule has 0 amide bonds. The summed E-state index contributed by atoms with van der Waals surface area (Å²) in [6, 6.07) is 0. The van der Waals surface area contributed by atoms with E-state index >= 15 is 0 Å². The molecule has 0 aromatic carbocycles. The highest BCUT2D eigenvalue weighted by Gasteiger charge is 2.26. The Bertz CT molecular complexity index is 188. The molecule has 1 saturated heterocycles. The number of hydrogen-bond acceptors (Lipinski definition) is 2. The minimum atomic E-state index is -0.0399. The number of ether oxygens (including phenoxy) is 1. The van der Waals surface area contributed by atoms with E-state index in [-0.39, 0.29) is 12.1 Å². The molecule has 0 spiro atoms. The van der Waals surface area contributed by atoms with Crippen LogP contribution in [0.1, 0.15) is 51.9 Å². The van der Waals surface area contributed by atoms with E-state index in [1.807, 2.05) is 0 Å². The maximum atomic E-state index is 10.5. The van der Waals surface area contributed by atoms with Crippen LogP contribution in [0.4, 0.5) is 0 Å². The highest BCUT2D eigenvalue weighted by atomic mass is 16.6. The minimum Gasteiger partial charge on any atom is -0.462 e. The van der Waals surface area contributed by atoms with Crippen LogP contribution >= 0.6 is 0 Å². The molecule has 0 aromatic rings. The minimum absolute atomic E-state index is 0.0399. The van der Waals surface area contributed by atoms with E-state index in [0.717, 1.165) is 12.8 Å². The summed E-state index contributed by atoms with van der Waals surface area (Å²) in [6.45, 7) is 2.22. The SMILES string of the molecule is CCCCCC=CCC[C@@H]1CC(=O)O1. The largest absolute Gasteiger partial charge is 0.462 e. The normalized spacial score (nSPS) is 20.9. The average Bonchev–Trinajstić information content (AvgIpc) is 2.13. The predicted molar refractivity (Wildman–Crippen MR) is 57.0 cm³/mol. The van der Waals surface area contributed by atoms with Crippen molar-refractivity contribution in [2.75, 3.05) is 0 Å². The summed E-state index contributed by atoms with van der Waals surface area (Å²) in [6.07, 6.45) is 12.4. The zero-order valence-electron chi connectivity index (χ0n) is 9.00. The second kappa shape index (κ2) is 6.63. The Kier molecular flexibility index (Phi) is 5.35. The van der Waals surface area contributed by atoms with Crippen LogP contribution in [0.15, 0.2) is 12.2 Å². The summed E-state index contributed by atoms with van der Waals surface area (Å²) < 4.78 is 4.91. The number of unbranched alkanes of at least 4 members (excludes halogenated alkanes) is 3. The van der Waals surface area contributed by atoms with Gasteiger partial charge in [-0.15, -0.1) is 0 Å². The highest BCUT2D eigenvalue weighted by molar-refractivity contribution is 5.75. The Hall–Kier alpha value is -0.790. The van der Waals surface area contributed by atoms with Gasteiger partial charge in [0, 0.05) is 0 Å². The predicted octanol–water partition coefficient (Wildman–Crippen LogP) is 3.22. The fourth-order valence-corrected chi connectivity index (χ4v) is 1.55.